The molecule has 1 unspecified atom stereocenters. The monoisotopic (exact) mass is 657 g/mol. The number of aliphatic hydroxyl groups excluding tert-OH is 1. The van der Waals surface area contributed by atoms with Crippen LogP contribution in [0, 0.1) is 11.8 Å². The Morgan fingerprint density at radius 1 is 0.979 bits per heavy atom. The Morgan fingerprint density at radius 3 is 2.30 bits per heavy atom. The lowest BCUT2D eigenvalue weighted by atomic mass is 9.65. The van der Waals surface area contributed by atoms with Crippen LogP contribution in [0.5, 0.6) is 28.7 Å². The maximum absolute atomic E-state index is 13.3. The molecule has 5 rings (SSSR count). The molecule has 47 heavy (non-hydrogen) atoms. The summed E-state index contributed by atoms with van der Waals surface area (Å²) in [5.41, 5.74) is 8.03. The zero-order chi connectivity index (χ0) is 33.3. The molecule has 13 heteroatoms. The van der Waals surface area contributed by atoms with Gasteiger partial charge in [0.05, 0.1) is 26.9 Å². The average molecular weight is 658 g/mol. The topological polar surface area (TPSA) is 169 Å². The van der Waals surface area contributed by atoms with Crippen LogP contribution in [-0.4, -0.2) is 101 Å². The summed E-state index contributed by atoms with van der Waals surface area (Å²) < 4.78 is 28.2. The van der Waals surface area contributed by atoms with E-state index in [2.05, 4.69) is 27.8 Å². The standard InChI is InChI=1S/C34H51N5O8/c1-4-39(13-7-11-36-10-6-5-9-35)14-8-12-37-34(42)38-31-23-18-26-25(46-20-47-26)17-22(23)29(30-24(31)19-45-33(30)41)21-15-27(43-2)32(40)28(16-21)44-3/h15-18,24,29-31,33,36,40-41H,4-14,19-20,35H2,1-3H3,(H2,37,38,42)/t24-,29+,30-,31+,33?/m0/s1. The average Bonchev–Trinajstić information content (AvgIpc) is 3.70. The van der Waals surface area contributed by atoms with Crippen LogP contribution in [0.3, 0.4) is 0 Å². The van der Waals surface area contributed by atoms with Crippen LogP contribution >= 0.6 is 0 Å². The lowest BCUT2D eigenvalue weighted by Gasteiger charge is -2.41. The number of nitrogens with two attached hydrogens (primary N) is 1. The normalized spacial score (nSPS) is 22.6. The van der Waals surface area contributed by atoms with Crippen molar-refractivity contribution in [1.29, 1.82) is 0 Å². The van der Waals surface area contributed by atoms with Crippen molar-refractivity contribution in [2.24, 2.45) is 17.6 Å². The first-order valence-corrected chi connectivity index (χ1v) is 16.8. The highest BCUT2D eigenvalue weighted by Gasteiger charge is 2.52. The molecule has 0 radical (unpaired) electrons. The summed E-state index contributed by atoms with van der Waals surface area (Å²) in [6, 6.07) is 6.59. The van der Waals surface area contributed by atoms with Gasteiger partial charge in [0.1, 0.15) is 0 Å². The second-order valence-electron chi connectivity index (χ2n) is 12.3. The number of rotatable bonds is 17. The number of nitrogens with one attached hydrogen (secondary N) is 3. The summed E-state index contributed by atoms with van der Waals surface area (Å²) in [7, 11) is 2.95. The van der Waals surface area contributed by atoms with Crippen molar-refractivity contribution in [1.82, 2.24) is 20.9 Å². The number of amides is 2. The number of urea groups is 1. The maximum atomic E-state index is 13.3. The number of aromatic hydroxyl groups is 1. The van der Waals surface area contributed by atoms with Crippen LogP contribution in [0.15, 0.2) is 24.3 Å². The second-order valence-corrected chi connectivity index (χ2v) is 12.3. The fraction of sp³-hybridized carbons (Fsp3) is 0.618. The number of nitrogens with zero attached hydrogens (tertiary/aromatic N) is 1. The third kappa shape index (κ3) is 7.98. The van der Waals surface area contributed by atoms with Crippen molar-refractivity contribution >= 4 is 6.03 Å². The number of carbonyl (C=O) groups excluding carboxylic acids is 1. The molecule has 2 aliphatic heterocycles. The zero-order valence-electron chi connectivity index (χ0n) is 27.8. The van der Waals surface area contributed by atoms with Crippen molar-refractivity contribution in [2.45, 2.75) is 50.9 Å². The summed E-state index contributed by atoms with van der Waals surface area (Å²) in [5, 5.41) is 31.5. The van der Waals surface area contributed by atoms with Crippen LogP contribution in [0.4, 0.5) is 4.79 Å². The van der Waals surface area contributed by atoms with Crippen molar-refractivity contribution in [3.05, 3.63) is 41.0 Å². The number of phenolic OH excluding ortho intramolecular Hbond substituents is 1. The molecule has 5 atom stereocenters. The number of hydrogen-bond donors (Lipinski definition) is 6. The molecule has 2 amide bonds. The number of fused-ring (bicyclic) bond motifs is 3. The molecular formula is C34H51N5O8. The number of ether oxygens (including phenoxy) is 5. The SMILES string of the molecule is CCN(CCCNCCCCN)CCCNC(=O)N[C@@H]1c2cc3c(cc2[C@@H](c2cc(OC)c(O)c(OC)c2)[C@H]2C(O)OC[C@@H]21)OCO3. The first kappa shape index (κ1) is 34.8. The van der Waals surface area contributed by atoms with Gasteiger partial charge >= 0.3 is 6.03 Å². The molecule has 0 saturated carbocycles. The zero-order valence-corrected chi connectivity index (χ0v) is 27.8. The first-order valence-electron chi connectivity index (χ1n) is 16.8. The smallest absolute Gasteiger partial charge is 0.315 e. The third-order valence-corrected chi connectivity index (χ3v) is 9.51. The third-order valence-electron chi connectivity index (χ3n) is 9.51. The minimum absolute atomic E-state index is 0.0982. The van der Waals surface area contributed by atoms with Gasteiger partial charge in [0.2, 0.25) is 12.5 Å². The highest BCUT2D eigenvalue weighted by Crippen LogP contribution is 2.56. The van der Waals surface area contributed by atoms with Crippen molar-refractivity contribution < 1.29 is 38.7 Å². The van der Waals surface area contributed by atoms with Gasteiger partial charge in [-0.1, -0.05) is 6.92 Å². The minimum Gasteiger partial charge on any atom is -0.502 e. The van der Waals surface area contributed by atoms with E-state index in [1.54, 1.807) is 12.1 Å². The molecule has 1 aliphatic carbocycles. The summed E-state index contributed by atoms with van der Waals surface area (Å²) in [5.74, 6) is 0.533. The van der Waals surface area contributed by atoms with E-state index in [9.17, 15) is 15.0 Å². The van der Waals surface area contributed by atoms with E-state index in [1.165, 1.54) is 14.2 Å². The summed E-state index contributed by atoms with van der Waals surface area (Å²) in [6.45, 7) is 8.63. The molecule has 0 spiro atoms. The molecule has 2 aromatic rings. The molecule has 0 aromatic heterocycles. The Kier molecular flexibility index (Phi) is 12.3. The quantitative estimate of drug-likeness (QED) is 0.138. The predicted molar refractivity (Wildman–Crippen MR) is 176 cm³/mol. The van der Waals surface area contributed by atoms with E-state index in [0.717, 1.165) is 81.6 Å². The van der Waals surface area contributed by atoms with Crippen molar-refractivity contribution in [2.75, 3.05) is 73.4 Å². The van der Waals surface area contributed by atoms with E-state index >= 15 is 0 Å². The van der Waals surface area contributed by atoms with Crippen LogP contribution in [0.25, 0.3) is 0 Å². The maximum Gasteiger partial charge on any atom is 0.315 e. The van der Waals surface area contributed by atoms with Crippen LogP contribution in [0.1, 0.15) is 61.3 Å². The lowest BCUT2D eigenvalue weighted by Crippen LogP contribution is -2.46. The van der Waals surface area contributed by atoms with Crippen LogP contribution in [-0.2, 0) is 4.74 Å². The Labute approximate surface area is 277 Å². The van der Waals surface area contributed by atoms with E-state index in [0.29, 0.717) is 18.0 Å². The van der Waals surface area contributed by atoms with E-state index in [4.69, 9.17) is 29.4 Å². The predicted octanol–water partition coefficient (Wildman–Crippen LogP) is 2.64. The number of aliphatic hydroxyl groups is 1. The van der Waals surface area contributed by atoms with Crippen molar-refractivity contribution in [3.8, 4) is 28.7 Å². The summed E-state index contributed by atoms with van der Waals surface area (Å²) >= 11 is 0. The van der Waals surface area contributed by atoms with Gasteiger partial charge in [-0.25, -0.2) is 4.79 Å². The molecule has 13 nitrogen and oxygen atoms in total. The first-order chi connectivity index (χ1) is 22.9. The van der Waals surface area contributed by atoms with Gasteiger partial charge in [-0.2, -0.15) is 0 Å². The number of benzene rings is 2. The Morgan fingerprint density at radius 2 is 1.64 bits per heavy atom. The number of phenols is 1. The van der Waals surface area contributed by atoms with Gasteiger partial charge in [0, 0.05) is 24.3 Å². The number of methoxy groups -OCH3 is 2. The molecule has 1 fully saturated rings. The second kappa shape index (κ2) is 16.6. The molecule has 3 aliphatic rings. The van der Waals surface area contributed by atoms with Gasteiger partial charge in [-0.3, -0.25) is 0 Å². The minimum atomic E-state index is -1.08. The van der Waals surface area contributed by atoms with Crippen LogP contribution < -0.4 is 40.6 Å². The number of unbranched alkanes of at least 4 members (excludes halogenated alkanes) is 1. The van der Waals surface area contributed by atoms with E-state index in [-0.39, 0.29) is 48.5 Å². The fourth-order valence-corrected chi connectivity index (χ4v) is 7.08. The fourth-order valence-electron chi connectivity index (χ4n) is 7.08. The molecule has 260 valence electrons. The number of hydrogen-bond acceptors (Lipinski definition) is 11. The molecule has 2 heterocycles. The van der Waals surface area contributed by atoms with Crippen LogP contribution in [0.2, 0.25) is 0 Å². The van der Waals surface area contributed by atoms with Gasteiger partial charge in [-0.15, -0.1) is 0 Å². The Balaban J connectivity index is 1.28. The highest BCUT2D eigenvalue weighted by molar-refractivity contribution is 5.75. The molecule has 1 saturated heterocycles. The summed E-state index contributed by atoms with van der Waals surface area (Å²) in [6.07, 6.45) is 2.98. The summed E-state index contributed by atoms with van der Waals surface area (Å²) in [4.78, 5) is 15.7. The molecule has 0 bridgehead atoms. The molecular weight excluding hydrogens is 606 g/mol. The number of carbonyl (C=O) groups is 1. The van der Waals surface area contributed by atoms with Gasteiger partial charge in [-0.05, 0) is 106 Å². The Hall–Kier alpha value is -3.49. The van der Waals surface area contributed by atoms with Gasteiger partial charge in [0.15, 0.2) is 29.3 Å². The molecule has 2 aromatic carbocycles. The lowest BCUT2D eigenvalue weighted by molar-refractivity contribution is -0.0855. The van der Waals surface area contributed by atoms with Crippen molar-refractivity contribution in [3.63, 3.8) is 0 Å². The highest BCUT2D eigenvalue weighted by atomic mass is 16.7. The largest absolute Gasteiger partial charge is 0.502 e. The van der Waals surface area contributed by atoms with Gasteiger partial charge < -0.3 is 60.5 Å². The Bertz CT molecular complexity index is 1320. The van der Waals surface area contributed by atoms with Gasteiger partial charge in [0.25, 0.3) is 0 Å². The van der Waals surface area contributed by atoms with E-state index < -0.39 is 18.2 Å². The molecule has 7 N–H and O–H groups in total. The van der Waals surface area contributed by atoms with E-state index in [1.807, 2.05) is 12.1 Å².